The number of amides is 1. The second-order valence-corrected chi connectivity index (χ2v) is 4.91. The van der Waals surface area contributed by atoms with E-state index in [0.717, 1.165) is 12.8 Å². The number of nitrogens with one attached hydrogen (secondary N) is 1. The van der Waals surface area contributed by atoms with Crippen LogP contribution in [0.5, 0.6) is 0 Å². The second-order valence-electron chi connectivity index (χ2n) is 4.91. The number of rotatable bonds is 2. The number of aromatic amines is 1. The average molecular weight is 251 g/mol. The highest BCUT2D eigenvalue weighted by molar-refractivity contribution is 6.02. The molecule has 0 bridgehead atoms. The molecule has 1 fully saturated rings. The van der Waals surface area contributed by atoms with Crippen molar-refractivity contribution in [2.24, 2.45) is 5.92 Å². The van der Waals surface area contributed by atoms with E-state index < -0.39 is 5.97 Å². The fraction of sp³-hybridized carbons (Fsp3) is 0.583. The van der Waals surface area contributed by atoms with E-state index in [-0.39, 0.29) is 23.3 Å². The average Bonchev–Trinajstić information content (AvgIpc) is 2.77. The number of carboxylic acid groups (broad SMARTS) is 1. The number of aromatic nitrogens is 2. The van der Waals surface area contributed by atoms with Crippen LogP contribution in [-0.4, -0.2) is 44.4 Å². The van der Waals surface area contributed by atoms with Gasteiger partial charge in [0.25, 0.3) is 5.91 Å². The van der Waals surface area contributed by atoms with E-state index in [2.05, 4.69) is 16.9 Å². The van der Waals surface area contributed by atoms with Gasteiger partial charge in [-0.1, -0.05) is 6.92 Å². The van der Waals surface area contributed by atoms with Gasteiger partial charge in [0.2, 0.25) is 0 Å². The van der Waals surface area contributed by atoms with E-state index in [1.807, 2.05) is 6.92 Å². The molecule has 1 aliphatic rings. The van der Waals surface area contributed by atoms with E-state index in [1.54, 1.807) is 4.90 Å². The van der Waals surface area contributed by atoms with Crippen LogP contribution in [0.2, 0.25) is 0 Å². The molecule has 2 heterocycles. The molecule has 0 saturated carbocycles. The molecule has 1 aromatic heterocycles. The van der Waals surface area contributed by atoms with Crippen molar-refractivity contribution in [2.45, 2.75) is 32.7 Å². The monoisotopic (exact) mass is 251 g/mol. The minimum absolute atomic E-state index is 0.00361. The molecule has 2 N–H and O–H groups in total. The van der Waals surface area contributed by atoms with Gasteiger partial charge in [-0.25, -0.2) is 9.78 Å². The van der Waals surface area contributed by atoms with Crippen LogP contribution in [0.25, 0.3) is 0 Å². The molecule has 1 amide bonds. The number of hydrogen-bond acceptors (Lipinski definition) is 3. The third-order valence-electron chi connectivity index (χ3n) is 3.45. The van der Waals surface area contributed by atoms with Crippen LogP contribution in [-0.2, 0) is 0 Å². The highest BCUT2D eigenvalue weighted by Gasteiger charge is 2.31. The lowest BCUT2D eigenvalue weighted by atomic mass is 9.93. The summed E-state index contributed by atoms with van der Waals surface area (Å²) < 4.78 is 0. The third kappa shape index (κ3) is 2.23. The minimum Gasteiger partial charge on any atom is -0.477 e. The molecule has 0 aliphatic carbocycles. The van der Waals surface area contributed by atoms with Crippen molar-refractivity contribution >= 4 is 11.9 Å². The van der Waals surface area contributed by atoms with Crippen molar-refractivity contribution in [1.82, 2.24) is 14.9 Å². The quantitative estimate of drug-likeness (QED) is 0.831. The zero-order chi connectivity index (χ0) is 13.3. The SMILES string of the molecule is CC1CCN(C(=O)c2nc[nH]c2C(=O)O)C(C)C1. The smallest absolute Gasteiger partial charge is 0.354 e. The van der Waals surface area contributed by atoms with Crippen molar-refractivity contribution in [3.8, 4) is 0 Å². The molecule has 1 saturated heterocycles. The van der Waals surface area contributed by atoms with Crippen LogP contribution < -0.4 is 0 Å². The minimum atomic E-state index is -1.16. The van der Waals surface area contributed by atoms with Gasteiger partial charge in [-0.15, -0.1) is 0 Å². The molecule has 6 heteroatoms. The normalized spacial score (nSPS) is 24.0. The predicted molar refractivity (Wildman–Crippen MR) is 64.4 cm³/mol. The Hall–Kier alpha value is -1.85. The molecule has 6 nitrogen and oxygen atoms in total. The summed E-state index contributed by atoms with van der Waals surface area (Å²) in [7, 11) is 0. The second kappa shape index (κ2) is 4.80. The Morgan fingerprint density at radius 1 is 1.50 bits per heavy atom. The van der Waals surface area contributed by atoms with Crippen LogP contribution in [0.4, 0.5) is 0 Å². The first-order valence-corrected chi connectivity index (χ1v) is 6.08. The van der Waals surface area contributed by atoms with E-state index in [4.69, 9.17) is 5.11 Å². The fourth-order valence-corrected chi connectivity index (χ4v) is 2.46. The molecule has 2 rings (SSSR count). The van der Waals surface area contributed by atoms with Gasteiger partial charge >= 0.3 is 5.97 Å². The summed E-state index contributed by atoms with van der Waals surface area (Å²) in [5, 5.41) is 8.97. The van der Waals surface area contributed by atoms with Crippen LogP contribution in [0.15, 0.2) is 6.33 Å². The molecule has 2 unspecified atom stereocenters. The standard InChI is InChI=1S/C12H17N3O3/c1-7-3-4-15(8(2)5-7)11(16)9-10(12(17)18)14-6-13-9/h6-8H,3-5H2,1-2H3,(H,13,14)(H,17,18). The van der Waals surface area contributed by atoms with E-state index in [9.17, 15) is 9.59 Å². The van der Waals surface area contributed by atoms with Gasteiger partial charge in [-0.05, 0) is 25.7 Å². The third-order valence-corrected chi connectivity index (χ3v) is 3.45. The number of carboxylic acids is 1. The number of carbonyl (C=O) groups excluding carboxylic acids is 1. The topological polar surface area (TPSA) is 86.3 Å². The Balaban J connectivity index is 2.21. The van der Waals surface area contributed by atoms with Crippen LogP contribution in [0, 0.1) is 5.92 Å². The van der Waals surface area contributed by atoms with Crippen molar-refractivity contribution in [3.05, 3.63) is 17.7 Å². The largest absolute Gasteiger partial charge is 0.477 e. The number of H-pyrrole nitrogens is 1. The molecular formula is C12H17N3O3. The maximum Gasteiger partial charge on any atom is 0.354 e. The molecule has 2 atom stereocenters. The molecule has 1 aromatic rings. The molecule has 18 heavy (non-hydrogen) atoms. The summed E-state index contributed by atoms with van der Waals surface area (Å²) in [6, 6.07) is 0.125. The number of piperidine rings is 1. The summed E-state index contributed by atoms with van der Waals surface area (Å²) in [4.78, 5) is 31.3. The van der Waals surface area contributed by atoms with E-state index >= 15 is 0 Å². The van der Waals surface area contributed by atoms with Gasteiger partial charge in [-0.3, -0.25) is 4.79 Å². The number of hydrogen-bond donors (Lipinski definition) is 2. The molecule has 98 valence electrons. The van der Waals surface area contributed by atoms with Crippen molar-refractivity contribution in [3.63, 3.8) is 0 Å². The zero-order valence-corrected chi connectivity index (χ0v) is 10.5. The lowest BCUT2D eigenvalue weighted by molar-refractivity contribution is 0.0567. The highest BCUT2D eigenvalue weighted by Crippen LogP contribution is 2.23. The number of nitrogens with zero attached hydrogens (tertiary/aromatic N) is 2. The number of imidazole rings is 1. The van der Waals surface area contributed by atoms with Crippen LogP contribution in [0.1, 0.15) is 47.7 Å². The van der Waals surface area contributed by atoms with Crippen molar-refractivity contribution in [2.75, 3.05) is 6.54 Å². The zero-order valence-electron chi connectivity index (χ0n) is 10.5. The first kappa shape index (κ1) is 12.6. The maximum absolute atomic E-state index is 12.3. The van der Waals surface area contributed by atoms with Crippen molar-refractivity contribution in [1.29, 1.82) is 0 Å². The van der Waals surface area contributed by atoms with Crippen LogP contribution >= 0.6 is 0 Å². The van der Waals surface area contributed by atoms with Gasteiger partial charge in [-0.2, -0.15) is 0 Å². The summed E-state index contributed by atoms with van der Waals surface area (Å²) in [5.74, 6) is -0.857. The Labute approximate surface area is 105 Å². The highest BCUT2D eigenvalue weighted by atomic mass is 16.4. The van der Waals surface area contributed by atoms with Gasteiger partial charge in [0.1, 0.15) is 0 Å². The van der Waals surface area contributed by atoms with Crippen molar-refractivity contribution < 1.29 is 14.7 Å². The first-order valence-electron chi connectivity index (χ1n) is 6.08. The van der Waals surface area contributed by atoms with Crippen LogP contribution in [0.3, 0.4) is 0 Å². The van der Waals surface area contributed by atoms with E-state index in [0.29, 0.717) is 12.5 Å². The molecule has 0 spiro atoms. The summed E-state index contributed by atoms with van der Waals surface area (Å²) in [6.07, 6.45) is 3.13. The van der Waals surface area contributed by atoms with Gasteiger partial charge < -0.3 is 15.0 Å². The lowest BCUT2D eigenvalue weighted by Gasteiger charge is -2.36. The lowest BCUT2D eigenvalue weighted by Crippen LogP contribution is -2.44. The predicted octanol–water partition coefficient (Wildman–Crippen LogP) is 1.37. The fourth-order valence-electron chi connectivity index (χ4n) is 2.46. The molecule has 0 aromatic carbocycles. The Morgan fingerprint density at radius 2 is 2.22 bits per heavy atom. The Kier molecular flexibility index (Phi) is 3.36. The summed E-state index contributed by atoms with van der Waals surface area (Å²) >= 11 is 0. The molecular weight excluding hydrogens is 234 g/mol. The Bertz CT molecular complexity index is 469. The maximum atomic E-state index is 12.3. The molecule has 0 radical (unpaired) electrons. The van der Waals surface area contributed by atoms with Gasteiger partial charge in [0, 0.05) is 12.6 Å². The van der Waals surface area contributed by atoms with Gasteiger partial charge in [0.05, 0.1) is 6.33 Å². The summed E-state index contributed by atoms with van der Waals surface area (Å²) in [5.41, 5.74) is -0.130. The Morgan fingerprint density at radius 3 is 2.83 bits per heavy atom. The van der Waals surface area contributed by atoms with E-state index in [1.165, 1.54) is 6.33 Å². The van der Waals surface area contributed by atoms with Gasteiger partial charge in [0.15, 0.2) is 11.4 Å². The number of aromatic carboxylic acids is 1. The number of carbonyl (C=O) groups is 2. The molecule has 1 aliphatic heterocycles. The summed E-state index contributed by atoms with van der Waals surface area (Å²) in [6.45, 7) is 4.81. The first-order chi connectivity index (χ1) is 8.50. The number of likely N-dealkylation sites (tertiary alicyclic amines) is 1.